The Bertz CT molecular complexity index is 927. The van der Waals surface area contributed by atoms with Gasteiger partial charge in [-0.25, -0.2) is 0 Å². The molecule has 0 fully saturated rings. The lowest BCUT2D eigenvalue weighted by Gasteiger charge is -2.34. The molecular formula is C28H28BrOP. The standard InChI is InChI=1S/C28H28OP.BrH/c1-2-28(29-23-24-15-7-3-8-16-24)30(25-17-9-4-10-18-25,26-19-11-5-12-20-26)27-21-13-6-14-22-27;/h3-22,28H,2,23H2,1H3;1H/q+1;/p-1. The largest absolute Gasteiger partial charge is 1.00 e. The number of hydrogen-bond acceptors (Lipinski definition) is 1. The first-order chi connectivity index (χ1) is 14.9. The maximum absolute atomic E-state index is 6.76. The normalized spacial score (nSPS) is 12.0. The first kappa shape index (κ1) is 23.4. The quantitative estimate of drug-likeness (QED) is 0.345. The summed E-state index contributed by atoms with van der Waals surface area (Å²) in [7, 11) is -2.02. The van der Waals surface area contributed by atoms with Crippen LogP contribution in [0.25, 0.3) is 0 Å². The molecule has 0 aromatic heterocycles. The second kappa shape index (κ2) is 11.4. The summed E-state index contributed by atoms with van der Waals surface area (Å²) >= 11 is 0. The van der Waals surface area contributed by atoms with Crippen molar-refractivity contribution in [2.45, 2.75) is 25.8 Å². The molecule has 0 spiro atoms. The van der Waals surface area contributed by atoms with Gasteiger partial charge in [0.25, 0.3) is 0 Å². The second-order valence-corrected chi connectivity index (χ2v) is 11.0. The van der Waals surface area contributed by atoms with Crippen molar-refractivity contribution >= 4 is 23.2 Å². The van der Waals surface area contributed by atoms with E-state index in [0.717, 1.165) is 6.42 Å². The maximum Gasteiger partial charge on any atom is 0.181 e. The van der Waals surface area contributed by atoms with Crippen LogP contribution in [0.3, 0.4) is 0 Å². The molecule has 0 bridgehead atoms. The Labute approximate surface area is 197 Å². The van der Waals surface area contributed by atoms with Crippen LogP contribution in [0.1, 0.15) is 18.9 Å². The van der Waals surface area contributed by atoms with E-state index in [1.54, 1.807) is 0 Å². The van der Waals surface area contributed by atoms with Crippen molar-refractivity contribution in [3.05, 3.63) is 127 Å². The van der Waals surface area contributed by atoms with E-state index in [9.17, 15) is 0 Å². The fourth-order valence-electron chi connectivity index (χ4n) is 4.21. The zero-order chi connectivity index (χ0) is 20.7. The summed E-state index contributed by atoms with van der Waals surface area (Å²) in [5.41, 5.74) is 1.21. The van der Waals surface area contributed by atoms with Crippen LogP contribution in [-0.2, 0) is 11.3 Å². The average Bonchev–Trinajstić information content (AvgIpc) is 2.84. The number of benzene rings is 4. The van der Waals surface area contributed by atoms with Gasteiger partial charge in [0.1, 0.15) is 23.2 Å². The number of rotatable bonds is 8. The third kappa shape index (κ3) is 4.99. The van der Waals surface area contributed by atoms with Crippen molar-refractivity contribution < 1.29 is 21.7 Å². The molecular weight excluding hydrogens is 463 g/mol. The van der Waals surface area contributed by atoms with Gasteiger partial charge in [-0.15, -0.1) is 0 Å². The number of hydrogen-bond donors (Lipinski definition) is 0. The molecule has 0 aliphatic heterocycles. The first-order valence-electron chi connectivity index (χ1n) is 10.6. The fourth-order valence-corrected chi connectivity index (χ4v) is 8.87. The Morgan fingerprint density at radius 1 is 0.581 bits per heavy atom. The van der Waals surface area contributed by atoms with E-state index in [1.165, 1.54) is 21.5 Å². The van der Waals surface area contributed by atoms with Crippen LogP contribution in [0.4, 0.5) is 0 Å². The molecule has 4 aromatic carbocycles. The Morgan fingerprint density at radius 3 is 1.29 bits per heavy atom. The maximum atomic E-state index is 6.76. The van der Waals surface area contributed by atoms with Gasteiger partial charge in [-0.3, -0.25) is 0 Å². The summed E-state index contributed by atoms with van der Waals surface area (Å²) in [6.07, 6.45) is 0.944. The minimum atomic E-state index is -2.02. The van der Waals surface area contributed by atoms with Crippen molar-refractivity contribution in [1.82, 2.24) is 0 Å². The Morgan fingerprint density at radius 2 is 0.935 bits per heavy atom. The SMILES string of the molecule is CCC(OCc1ccccc1)[P+](c1ccccc1)(c1ccccc1)c1ccccc1.[Br-]. The van der Waals surface area contributed by atoms with E-state index in [0.29, 0.717) is 6.61 Å². The van der Waals surface area contributed by atoms with Gasteiger partial charge in [0, 0.05) is 6.42 Å². The summed E-state index contributed by atoms with van der Waals surface area (Å²) in [5.74, 6) is 0.0879. The van der Waals surface area contributed by atoms with Crippen molar-refractivity contribution in [3.63, 3.8) is 0 Å². The van der Waals surface area contributed by atoms with Crippen LogP contribution in [0.15, 0.2) is 121 Å². The summed E-state index contributed by atoms with van der Waals surface area (Å²) in [5, 5.41) is 4.09. The molecule has 1 nitrogen and oxygen atoms in total. The molecule has 4 aromatic rings. The number of ether oxygens (including phenoxy) is 1. The van der Waals surface area contributed by atoms with Crippen molar-refractivity contribution in [2.75, 3.05) is 0 Å². The molecule has 0 saturated heterocycles. The van der Waals surface area contributed by atoms with Gasteiger partial charge in [0.05, 0.1) is 6.61 Å². The predicted molar refractivity (Wildman–Crippen MR) is 130 cm³/mol. The lowest BCUT2D eigenvalue weighted by atomic mass is 10.2. The summed E-state index contributed by atoms with van der Waals surface area (Å²) < 4.78 is 6.76. The Hall–Kier alpha value is -2.25. The van der Waals surface area contributed by atoms with Crippen LogP contribution in [-0.4, -0.2) is 5.85 Å². The molecule has 0 heterocycles. The molecule has 158 valence electrons. The van der Waals surface area contributed by atoms with E-state index >= 15 is 0 Å². The van der Waals surface area contributed by atoms with Gasteiger partial charge in [0.2, 0.25) is 0 Å². The summed E-state index contributed by atoms with van der Waals surface area (Å²) in [4.78, 5) is 0. The third-order valence-corrected chi connectivity index (χ3v) is 10.3. The van der Waals surface area contributed by atoms with E-state index in [2.05, 4.69) is 128 Å². The highest BCUT2D eigenvalue weighted by Gasteiger charge is 2.52. The molecule has 0 amide bonds. The zero-order valence-electron chi connectivity index (χ0n) is 17.8. The molecule has 31 heavy (non-hydrogen) atoms. The van der Waals surface area contributed by atoms with E-state index in [-0.39, 0.29) is 22.8 Å². The smallest absolute Gasteiger partial charge is 0.181 e. The molecule has 1 atom stereocenters. The van der Waals surface area contributed by atoms with Gasteiger partial charge in [-0.1, -0.05) is 91.9 Å². The Kier molecular flexibility index (Phi) is 8.60. The van der Waals surface area contributed by atoms with E-state index in [1.807, 2.05) is 0 Å². The van der Waals surface area contributed by atoms with Gasteiger partial charge in [-0.2, -0.15) is 0 Å². The van der Waals surface area contributed by atoms with E-state index in [4.69, 9.17) is 4.74 Å². The van der Waals surface area contributed by atoms with Gasteiger partial charge in [-0.05, 0) is 42.0 Å². The highest BCUT2D eigenvalue weighted by molar-refractivity contribution is 7.96. The predicted octanol–water partition coefficient (Wildman–Crippen LogP) is 2.94. The topological polar surface area (TPSA) is 9.23 Å². The van der Waals surface area contributed by atoms with Gasteiger partial charge < -0.3 is 21.7 Å². The van der Waals surface area contributed by atoms with Crippen molar-refractivity contribution in [2.24, 2.45) is 0 Å². The minimum Gasteiger partial charge on any atom is -1.00 e. The van der Waals surface area contributed by atoms with Gasteiger partial charge >= 0.3 is 0 Å². The van der Waals surface area contributed by atoms with Crippen LogP contribution in [0.2, 0.25) is 0 Å². The molecule has 1 unspecified atom stereocenters. The molecule has 0 saturated carbocycles. The summed E-state index contributed by atoms with van der Waals surface area (Å²) in [6, 6.07) is 43.4. The molecule has 3 heteroatoms. The zero-order valence-corrected chi connectivity index (χ0v) is 20.3. The average molecular weight is 491 g/mol. The van der Waals surface area contributed by atoms with Crippen molar-refractivity contribution in [3.8, 4) is 0 Å². The number of halogens is 1. The molecule has 0 aliphatic rings. The molecule has 0 radical (unpaired) electrons. The third-order valence-electron chi connectivity index (χ3n) is 5.56. The van der Waals surface area contributed by atoms with Gasteiger partial charge in [0.15, 0.2) is 5.85 Å². The minimum absolute atomic E-state index is 0. The lowest BCUT2D eigenvalue weighted by Crippen LogP contribution is -3.00. The first-order valence-corrected chi connectivity index (χ1v) is 12.4. The molecule has 0 aliphatic carbocycles. The second-order valence-electron chi connectivity index (χ2n) is 7.39. The fraction of sp³-hybridized carbons (Fsp3) is 0.143. The van der Waals surface area contributed by atoms with Crippen molar-refractivity contribution in [1.29, 1.82) is 0 Å². The van der Waals surface area contributed by atoms with Crippen LogP contribution in [0, 0.1) is 0 Å². The Balaban J connectivity index is 0.00000272. The molecule has 0 N–H and O–H groups in total. The highest BCUT2D eigenvalue weighted by atomic mass is 79.9. The summed E-state index contributed by atoms with van der Waals surface area (Å²) in [6.45, 7) is 2.87. The monoisotopic (exact) mass is 490 g/mol. The molecule has 4 rings (SSSR count). The van der Waals surface area contributed by atoms with Crippen LogP contribution >= 0.6 is 7.26 Å². The lowest BCUT2D eigenvalue weighted by molar-refractivity contribution is -0.00000654. The van der Waals surface area contributed by atoms with Crippen LogP contribution < -0.4 is 32.9 Å². The van der Waals surface area contributed by atoms with Crippen LogP contribution in [0.5, 0.6) is 0 Å². The van der Waals surface area contributed by atoms with E-state index < -0.39 is 7.26 Å². The highest BCUT2D eigenvalue weighted by Crippen LogP contribution is 2.61.